The fraction of sp³-hybridized carbons (Fsp3) is 0.130. The summed E-state index contributed by atoms with van der Waals surface area (Å²) in [6.07, 6.45) is 1.46. The molecular weight excluding hydrogens is 453 g/mol. The number of hydrogen-bond acceptors (Lipinski definition) is 4. The number of nitrogens with one attached hydrogen (secondary N) is 1. The Kier molecular flexibility index (Phi) is 7.74. The van der Waals surface area contributed by atoms with Gasteiger partial charge in [0.2, 0.25) is 10.0 Å². The van der Waals surface area contributed by atoms with Crippen LogP contribution < -0.4 is 5.43 Å². The molecule has 0 atom stereocenters. The second-order valence-electron chi connectivity index (χ2n) is 7.03. The second kappa shape index (κ2) is 10.5. The van der Waals surface area contributed by atoms with Crippen molar-refractivity contribution in [2.45, 2.75) is 18.4 Å². The molecule has 32 heavy (non-hydrogen) atoms. The maximum absolute atomic E-state index is 14.2. The third kappa shape index (κ3) is 6.23. The molecule has 3 rings (SSSR count). The second-order valence-corrected chi connectivity index (χ2v) is 9.40. The first-order chi connectivity index (χ1) is 15.3. The summed E-state index contributed by atoms with van der Waals surface area (Å²) < 4.78 is 41.4. The van der Waals surface area contributed by atoms with Crippen molar-refractivity contribution in [2.24, 2.45) is 5.10 Å². The molecule has 1 amide bonds. The average Bonchev–Trinajstić information content (AvgIpc) is 2.75. The highest BCUT2D eigenvalue weighted by atomic mass is 35.5. The van der Waals surface area contributed by atoms with Crippen molar-refractivity contribution >= 4 is 33.7 Å². The fourth-order valence-corrected chi connectivity index (χ4v) is 4.42. The van der Waals surface area contributed by atoms with Gasteiger partial charge in [0, 0.05) is 17.1 Å². The van der Waals surface area contributed by atoms with Gasteiger partial charge in [-0.05, 0) is 42.8 Å². The van der Waals surface area contributed by atoms with Gasteiger partial charge in [-0.1, -0.05) is 59.6 Å². The molecule has 0 bridgehead atoms. The predicted molar refractivity (Wildman–Crippen MR) is 122 cm³/mol. The largest absolute Gasteiger partial charge is 0.272 e. The molecule has 0 aliphatic heterocycles. The molecule has 3 aromatic rings. The van der Waals surface area contributed by atoms with E-state index >= 15 is 0 Å². The van der Waals surface area contributed by atoms with E-state index in [-0.39, 0.29) is 17.0 Å². The number of rotatable bonds is 8. The first kappa shape index (κ1) is 23.6. The van der Waals surface area contributed by atoms with Crippen LogP contribution in [0.3, 0.4) is 0 Å². The molecule has 0 spiro atoms. The van der Waals surface area contributed by atoms with Crippen LogP contribution >= 0.6 is 11.6 Å². The molecule has 3 aromatic carbocycles. The number of halogens is 2. The number of sulfonamides is 1. The Bertz CT molecular complexity index is 1230. The van der Waals surface area contributed by atoms with Crippen molar-refractivity contribution in [3.8, 4) is 0 Å². The van der Waals surface area contributed by atoms with Crippen molar-refractivity contribution in [3.63, 3.8) is 0 Å². The minimum absolute atomic E-state index is 0.0608. The van der Waals surface area contributed by atoms with Gasteiger partial charge in [-0.25, -0.2) is 18.2 Å². The summed E-state index contributed by atoms with van der Waals surface area (Å²) in [4.78, 5) is 12.4. The number of nitrogens with zero attached hydrogens (tertiary/aromatic N) is 2. The van der Waals surface area contributed by atoms with Crippen molar-refractivity contribution in [1.82, 2.24) is 9.73 Å². The Morgan fingerprint density at radius 2 is 1.81 bits per heavy atom. The Morgan fingerprint density at radius 3 is 2.50 bits per heavy atom. The van der Waals surface area contributed by atoms with Crippen LogP contribution in [0.5, 0.6) is 0 Å². The van der Waals surface area contributed by atoms with E-state index in [1.54, 1.807) is 6.07 Å². The number of hydrogen-bond donors (Lipinski definition) is 1. The summed E-state index contributed by atoms with van der Waals surface area (Å²) in [5.41, 5.74) is 4.28. The van der Waals surface area contributed by atoms with Gasteiger partial charge < -0.3 is 0 Å². The topological polar surface area (TPSA) is 78.8 Å². The first-order valence-electron chi connectivity index (χ1n) is 9.63. The van der Waals surface area contributed by atoms with E-state index in [0.717, 1.165) is 15.4 Å². The molecular formula is C23H21ClFN3O3S. The minimum atomic E-state index is -4.12. The molecule has 9 heteroatoms. The molecule has 0 aliphatic rings. The summed E-state index contributed by atoms with van der Waals surface area (Å²) in [7, 11) is -4.12. The van der Waals surface area contributed by atoms with Crippen LogP contribution in [0.15, 0.2) is 82.8 Å². The van der Waals surface area contributed by atoms with Gasteiger partial charge in [-0.2, -0.15) is 9.41 Å². The molecule has 0 fully saturated rings. The van der Waals surface area contributed by atoms with Crippen LogP contribution in [-0.2, 0) is 21.4 Å². The fourth-order valence-electron chi connectivity index (χ4n) is 2.92. The summed E-state index contributed by atoms with van der Waals surface area (Å²) in [6.45, 7) is 1.05. The van der Waals surface area contributed by atoms with E-state index in [1.807, 2.05) is 31.2 Å². The molecule has 0 heterocycles. The van der Waals surface area contributed by atoms with Gasteiger partial charge in [0.15, 0.2) is 0 Å². The molecule has 0 saturated heterocycles. The van der Waals surface area contributed by atoms with E-state index in [4.69, 9.17) is 11.6 Å². The van der Waals surface area contributed by atoms with Crippen molar-refractivity contribution in [1.29, 1.82) is 0 Å². The molecule has 1 N–H and O–H groups in total. The molecule has 6 nitrogen and oxygen atoms in total. The van der Waals surface area contributed by atoms with Gasteiger partial charge in [0.1, 0.15) is 5.82 Å². The van der Waals surface area contributed by atoms with Gasteiger partial charge in [-0.3, -0.25) is 4.79 Å². The predicted octanol–water partition coefficient (Wildman–Crippen LogP) is 4.13. The maximum Gasteiger partial charge on any atom is 0.255 e. The van der Waals surface area contributed by atoms with Crippen LogP contribution in [-0.4, -0.2) is 31.4 Å². The zero-order valence-corrected chi connectivity index (χ0v) is 18.8. The highest BCUT2D eigenvalue weighted by Gasteiger charge is 2.27. The Hall–Kier alpha value is -3.07. The zero-order chi connectivity index (χ0) is 23.1. The quantitative estimate of drug-likeness (QED) is 0.394. The van der Waals surface area contributed by atoms with Crippen molar-refractivity contribution in [2.75, 3.05) is 6.54 Å². The van der Waals surface area contributed by atoms with E-state index in [0.29, 0.717) is 5.02 Å². The summed E-state index contributed by atoms with van der Waals surface area (Å²) in [5, 5.41) is 4.26. The van der Waals surface area contributed by atoms with Crippen molar-refractivity contribution in [3.05, 3.63) is 100 Å². The highest BCUT2D eigenvalue weighted by Crippen LogP contribution is 2.21. The lowest BCUT2D eigenvalue weighted by molar-refractivity contribution is -0.121. The van der Waals surface area contributed by atoms with Crippen LogP contribution in [0.1, 0.15) is 16.7 Å². The molecule has 0 aromatic heterocycles. The zero-order valence-electron chi connectivity index (χ0n) is 17.2. The molecule has 166 valence electrons. The number of carbonyl (C=O) groups is 1. The number of aryl methyl sites for hydroxylation is 1. The van der Waals surface area contributed by atoms with Crippen LogP contribution in [0, 0.1) is 12.7 Å². The minimum Gasteiger partial charge on any atom is -0.272 e. The third-order valence-electron chi connectivity index (χ3n) is 4.52. The maximum atomic E-state index is 14.2. The summed E-state index contributed by atoms with van der Waals surface area (Å²) in [6, 6.07) is 18.8. The Morgan fingerprint density at radius 1 is 1.09 bits per heavy atom. The lowest BCUT2D eigenvalue weighted by atomic mass is 10.2. The molecule has 0 radical (unpaired) electrons. The smallest absolute Gasteiger partial charge is 0.255 e. The van der Waals surface area contributed by atoms with E-state index in [1.165, 1.54) is 48.7 Å². The Balaban J connectivity index is 1.81. The highest BCUT2D eigenvalue weighted by molar-refractivity contribution is 7.89. The van der Waals surface area contributed by atoms with Crippen LogP contribution in [0.4, 0.5) is 4.39 Å². The first-order valence-corrected chi connectivity index (χ1v) is 11.5. The van der Waals surface area contributed by atoms with E-state index in [2.05, 4.69) is 10.5 Å². The van der Waals surface area contributed by atoms with E-state index < -0.39 is 28.3 Å². The monoisotopic (exact) mass is 473 g/mol. The van der Waals surface area contributed by atoms with Gasteiger partial charge in [-0.15, -0.1) is 0 Å². The molecule has 0 unspecified atom stereocenters. The number of hydrazone groups is 1. The SMILES string of the molecule is Cc1cccc(/C=N\NC(=O)CN(Cc2ccccc2F)S(=O)(=O)c2ccc(Cl)cc2)c1. The van der Waals surface area contributed by atoms with Gasteiger partial charge in [0.05, 0.1) is 17.7 Å². The van der Waals surface area contributed by atoms with Gasteiger partial charge in [0.25, 0.3) is 5.91 Å². The Labute approximate surface area is 191 Å². The number of amides is 1. The lowest BCUT2D eigenvalue weighted by Gasteiger charge is -2.21. The van der Waals surface area contributed by atoms with Crippen LogP contribution in [0.2, 0.25) is 5.02 Å². The summed E-state index contributed by atoms with van der Waals surface area (Å²) >= 11 is 5.86. The van der Waals surface area contributed by atoms with Gasteiger partial charge >= 0.3 is 0 Å². The number of carbonyl (C=O) groups excluding carboxylic acids is 1. The normalized spacial score (nSPS) is 11.8. The average molecular weight is 474 g/mol. The third-order valence-corrected chi connectivity index (χ3v) is 6.58. The van der Waals surface area contributed by atoms with Crippen molar-refractivity contribution < 1.29 is 17.6 Å². The molecule has 0 saturated carbocycles. The lowest BCUT2D eigenvalue weighted by Crippen LogP contribution is -2.39. The summed E-state index contributed by atoms with van der Waals surface area (Å²) in [5.74, 6) is -1.23. The number of benzene rings is 3. The van der Waals surface area contributed by atoms with Crippen LogP contribution in [0.25, 0.3) is 0 Å². The van der Waals surface area contributed by atoms with E-state index in [9.17, 15) is 17.6 Å². The molecule has 0 aliphatic carbocycles. The standard InChI is InChI=1S/C23H21ClFN3O3S/c1-17-5-4-6-18(13-17)14-26-27-23(29)16-28(15-19-7-2-3-8-22(19)25)32(30,31)21-11-9-20(24)10-12-21/h2-14H,15-16H2,1H3,(H,27,29)/b26-14-.